The second-order valence-corrected chi connectivity index (χ2v) is 7.13. The fourth-order valence-electron chi connectivity index (χ4n) is 3.13. The van der Waals surface area contributed by atoms with Gasteiger partial charge in [0.05, 0.1) is 17.2 Å². The molecule has 0 unspecified atom stereocenters. The Balaban J connectivity index is 1.35. The molecule has 8 heteroatoms. The predicted octanol–water partition coefficient (Wildman–Crippen LogP) is 3.02. The number of para-hydroxylation sites is 1. The summed E-state index contributed by atoms with van der Waals surface area (Å²) in [5.41, 5.74) is 0.702. The van der Waals surface area contributed by atoms with Crippen LogP contribution in [-0.2, 0) is 17.9 Å². The largest absolute Gasteiger partial charge is 0.356 e. The molecule has 0 bridgehead atoms. The molecule has 2 N–H and O–H groups in total. The van der Waals surface area contributed by atoms with E-state index in [0.717, 1.165) is 37.7 Å². The molecule has 0 saturated carbocycles. The van der Waals surface area contributed by atoms with Crippen LogP contribution in [0.15, 0.2) is 47.8 Å². The van der Waals surface area contributed by atoms with Gasteiger partial charge in [0.25, 0.3) is 5.56 Å². The average molecular weight is 400 g/mol. The van der Waals surface area contributed by atoms with E-state index in [0.29, 0.717) is 29.7 Å². The molecular formula is C20H25N5O2S. The smallest absolute Gasteiger partial charge is 0.262 e. The minimum Gasteiger partial charge on any atom is -0.356 e. The number of amides is 1. The molecule has 0 radical (unpaired) electrons. The molecule has 148 valence electrons. The molecule has 0 aliphatic rings. The van der Waals surface area contributed by atoms with Crippen molar-refractivity contribution < 1.29 is 4.79 Å². The van der Waals surface area contributed by atoms with Gasteiger partial charge in [0.2, 0.25) is 5.91 Å². The third kappa shape index (κ3) is 5.39. The summed E-state index contributed by atoms with van der Waals surface area (Å²) >= 11 is 5.31. The Morgan fingerprint density at radius 2 is 2.00 bits per heavy atom. The number of aryl methyl sites for hydroxylation is 1. The number of fused-ring (bicyclic) bond motifs is 1. The number of carbonyl (C=O) groups is 1. The maximum Gasteiger partial charge on any atom is 0.262 e. The molecule has 1 aromatic carbocycles. The lowest BCUT2D eigenvalue weighted by molar-refractivity contribution is -0.121. The zero-order valence-electron chi connectivity index (χ0n) is 15.8. The first-order valence-corrected chi connectivity index (χ1v) is 10.0. The molecule has 7 nitrogen and oxygen atoms in total. The Kier molecular flexibility index (Phi) is 7.13. The lowest BCUT2D eigenvalue weighted by Gasteiger charge is -2.08. The van der Waals surface area contributed by atoms with Crippen LogP contribution in [0, 0.1) is 4.77 Å². The molecule has 2 heterocycles. The quantitative estimate of drug-likeness (QED) is 0.405. The highest BCUT2D eigenvalue weighted by Crippen LogP contribution is 2.07. The summed E-state index contributed by atoms with van der Waals surface area (Å²) in [5.74, 6) is 0.0748. The van der Waals surface area contributed by atoms with E-state index < -0.39 is 0 Å². The van der Waals surface area contributed by atoms with Crippen molar-refractivity contribution in [3.8, 4) is 0 Å². The molecule has 3 aromatic rings. The lowest BCUT2D eigenvalue weighted by atomic mass is 10.2. The Labute approximate surface area is 168 Å². The van der Waals surface area contributed by atoms with Gasteiger partial charge in [-0.1, -0.05) is 18.6 Å². The standard InChI is InChI=1S/C20H25N5O2S/c26-18(22-10-6-12-24-14-11-21-15-24)9-2-1-5-13-25-19(27)16-7-3-4-8-17(16)23-20(25)28/h3-4,7-8,11,14-15H,1-2,5-6,9-10,12-13H2,(H,22,26)(H,23,28). The number of carbonyl (C=O) groups excluding carboxylic acids is 1. The van der Waals surface area contributed by atoms with Gasteiger partial charge in [0.15, 0.2) is 4.77 Å². The highest BCUT2D eigenvalue weighted by Gasteiger charge is 2.05. The van der Waals surface area contributed by atoms with Gasteiger partial charge in [-0.05, 0) is 43.6 Å². The average Bonchev–Trinajstić information content (AvgIpc) is 3.21. The molecule has 1 amide bonds. The molecule has 0 fully saturated rings. The fraction of sp³-hybridized carbons (Fsp3) is 0.400. The van der Waals surface area contributed by atoms with E-state index in [1.54, 1.807) is 23.2 Å². The number of nitrogens with zero attached hydrogens (tertiary/aromatic N) is 3. The third-order valence-corrected chi connectivity index (χ3v) is 4.97. The van der Waals surface area contributed by atoms with Crippen molar-refractivity contribution in [2.45, 2.75) is 45.2 Å². The van der Waals surface area contributed by atoms with Crippen molar-refractivity contribution in [1.29, 1.82) is 0 Å². The highest BCUT2D eigenvalue weighted by atomic mass is 32.1. The predicted molar refractivity (Wildman–Crippen MR) is 112 cm³/mol. The number of unbranched alkanes of at least 4 members (excludes halogenated alkanes) is 2. The minimum atomic E-state index is -0.0602. The first-order valence-electron chi connectivity index (χ1n) is 9.59. The van der Waals surface area contributed by atoms with Gasteiger partial charge in [-0.15, -0.1) is 0 Å². The Morgan fingerprint density at radius 1 is 1.14 bits per heavy atom. The number of nitrogens with one attached hydrogen (secondary N) is 2. The maximum absolute atomic E-state index is 12.6. The molecule has 0 saturated heterocycles. The van der Waals surface area contributed by atoms with Gasteiger partial charge < -0.3 is 14.9 Å². The van der Waals surface area contributed by atoms with Crippen LogP contribution in [-0.4, -0.2) is 31.6 Å². The summed E-state index contributed by atoms with van der Waals surface area (Å²) in [4.78, 5) is 31.5. The first kappa shape index (κ1) is 20.0. The normalized spacial score (nSPS) is 11.0. The molecule has 0 atom stereocenters. The SMILES string of the molecule is O=C(CCCCCn1c(=S)[nH]c2ccccc2c1=O)NCCCn1ccnc1. The highest BCUT2D eigenvalue weighted by molar-refractivity contribution is 7.71. The van der Waals surface area contributed by atoms with E-state index in [-0.39, 0.29) is 11.5 Å². The number of hydrogen-bond acceptors (Lipinski definition) is 4. The van der Waals surface area contributed by atoms with Crippen LogP contribution in [0.2, 0.25) is 0 Å². The zero-order chi connectivity index (χ0) is 19.8. The molecule has 0 aliphatic heterocycles. The maximum atomic E-state index is 12.6. The van der Waals surface area contributed by atoms with Crippen LogP contribution < -0.4 is 10.9 Å². The van der Waals surface area contributed by atoms with Crippen molar-refractivity contribution >= 4 is 29.0 Å². The number of imidazole rings is 1. The van der Waals surface area contributed by atoms with Crippen molar-refractivity contribution in [3.05, 3.63) is 58.1 Å². The summed E-state index contributed by atoms with van der Waals surface area (Å²) in [6.07, 6.45) is 9.29. The van der Waals surface area contributed by atoms with Crippen LogP contribution in [0.4, 0.5) is 0 Å². The van der Waals surface area contributed by atoms with Crippen molar-refractivity contribution in [1.82, 2.24) is 24.4 Å². The van der Waals surface area contributed by atoms with E-state index in [2.05, 4.69) is 15.3 Å². The third-order valence-electron chi connectivity index (χ3n) is 4.65. The van der Waals surface area contributed by atoms with Gasteiger partial charge in [-0.2, -0.15) is 0 Å². The number of hydrogen-bond donors (Lipinski definition) is 2. The number of rotatable bonds is 10. The summed E-state index contributed by atoms with van der Waals surface area (Å²) in [6.45, 7) is 2.07. The number of aromatic nitrogens is 4. The Bertz CT molecular complexity index is 1020. The van der Waals surface area contributed by atoms with Gasteiger partial charge in [-0.3, -0.25) is 14.2 Å². The van der Waals surface area contributed by atoms with E-state index in [1.807, 2.05) is 29.0 Å². The molecule has 2 aromatic heterocycles. The van der Waals surface area contributed by atoms with Gasteiger partial charge >= 0.3 is 0 Å². The van der Waals surface area contributed by atoms with Crippen molar-refractivity contribution in [2.75, 3.05) is 6.54 Å². The molecular weight excluding hydrogens is 374 g/mol. The van der Waals surface area contributed by atoms with E-state index in [4.69, 9.17) is 12.2 Å². The summed E-state index contributed by atoms with van der Waals surface area (Å²) < 4.78 is 4.04. The van der Waals surface area contributed by atoms with Crippen molar-refractivity contribution in [3.63, 3.8) is 0 Å². The van der Waals surface area contributed by atoms with Crippen LogP contribution in [0.1, 0.15) is 32.1 Å². The van der Waals surface area contributed by atoms with E-state index in [9.17, 15) is 9.59 Å². The lowest BCUT2D eigenvalue weighted by Crippen LogP contribution is -2.25. The Morgan fingerprint density at radius 3 is 2.82 bits per heavy atom. The minimum absolute atomic E-state index is 0.0602. The monoisotopic (exact) mass is 399 g/mol. The van der Waals surface area contributed by atoms with Gasteiger partial charge in [0, 0.05) is 38.4 Å². The van der Waals surface area contributed by atoms with E-state index in [1.165, 1.54) is 0 Å². The first-order chi connectivity index (χ1) is 13.6. The molecule has 28 heavy (non-hydrogen) atoms. The van der Waals surface area contributed by atoms with Gasteiger partial charge in [-0.25, -0.2) is 4.98 Å². The second-order valence-electron chi connectivity index (χ2n) is 6.75. The van der Waals surface area contributed by atoms with E-state index >= 15 is 0 Å². The van der Waals surface area contributed by atoms with Gasteiger partial charge in [0.1, 0.15) is 0 Å². The summed E-state index contributed by atoms with van der Waals surface area (Å²) in [5, 5.41) is 3.59. The Hall–Kier alpha value is -2.74. The topological polar surface area (TPSA) is 84.7 Å². The number of benzene rings is 1. The molecule has 3 rings (SSSR count). The van der Waals surface area contributed by atoms with Crippen LogP contribution in [0.3, 0.4) is 0 Å². The van der Waals surface area contributed by atoms with Crippen LogP contribution in [0.5, 0.6) is 0 Å². The zero-order valence-corrected chi connectivity index (χ0v) is 16.6. The van der Waals surface area contributed by atoms with Crippen LogP contribution >= 0.6 is 12.2 Å². The fourth-order valence-corrected chi connectivity index (χ4v) is 3.42. The second kappa shape index (κ2) is 9.98. The molecule has 0 aliphatic carbocycles. The molecule has 0 spiro atoms. The van der Waals surface area contributed by atoms with Crippen LogP contribution in [0.25, 0.3) is 10.9 Å². The number of aromatic amines is 1. The number of H-pyrrole nitrogens is 1. The summed E-state index contributed by atoms with van der Waals surface area (Å²) in [7, 11) is 0. The summed E-state index contributed by atoms with van der Waals surface area (Å²) in [6, 6.07) is 7.38. The van der Waals surface area contributed by atoms with Crippen molar-refractivity contribution in [2.24, 2.45) is 0 Å².